The molecule has 0 unspecified atom stereocenters. The third kappa shape index (κ3) is 1.81. The summed E-state index contributed by atoms with van der Waals surface area (Å²) in [5.74, 6) is 1.26. The molecule has 1 heterocycles. The lowest BCUT2D eigenvalue weighted by molar-refractivity contribution is 0.110. The Bertz CT molecular complexity index is 315. The van der Waals surface area contributed by atoms with Crippen molar-refractivity contribution in [2.45, 2.75) is 32.2 Å². The molecule has 3 heteroatoms. The van der Waals surface area contributed by atoms with Gasteiger partial charge in [0.25, 0.3) is 0 Å². The SMILES string of the molecule is CCCN(c1ccc(C=O)o1)C1CC1. The van der Waals surface area contributed by atoms with Crippen LogP contribution in [0.5, 0.6) is 0 Å². The Kier molecular flexibility index (Phi) is 2.57. The number of anilines is 1. The first-order chi connectivity index (χ1) is 6.85. The molecule has 1 saturated carbocycles. The molecule has 1 aromatic heterocycles. The molecule has 76 valence electrons. The number of hydrogen-bond acceptors (Lipinski definition) is 3. The molecule has 0 N–H and O–H groups in total. The van der Waals surface area contributed by atoms with E-state index in [1.165, 1.54) is 12.8 Å². The van der Waals surface area contributed by atoms with Gasteiger partial charge in [0.05, 0.1) is 0 Å². The number of aldehydes is 1. The van der Waals surface area contributed by atoms with Crippen molar-refractivity contribution in [1.29, 1.82) is 0 Å². The van der Waals surface area contributed by atoms with Gasteiger partial charge in [0.15, 0.2) is 17.9 Å². The van der Waals surface area contributed by atoms with E-state index in [-0.39, 0.29) is 0 Å². The zero-order valence-electron chi connectivity index (χ0n) is 8.40. The van der Waals surface area contributed by atoms with Crippen molar-refractivity contribution >= 4 is 12.2 Å². The highest BCUT2D eigenvalue weighted by Crippen LogP contribution is 2.32. The number of nitrogens with zero attached hydrogens (tertiary/aromatic N) is 1. The van der Waals surface area contributed by atoms with Gasteiger partial charge in [-0.25, -0.2) is 0 Å². The van der Waals surface area contributed by atoms with Crippen LogP contribution in [0.2, 0.25) is 0 Å². The molecule has 2 rings (SSSR count). The number of carbonyl (C=O) groups excluding carboxylic acids is 1. The highest BCUT2D eigenvalue weighted by atomic mass is 16.4. The molecule has 0 amide bonds. The number of hydrogen-bond donors (Lipinski definition) is 0. The van der Waals surface area contributed by atoms with E-state index in [1.54, 1.807) is 6.07 Å². The van der Waals surface area contributed by atoms with Gasteiger partial charge in [0.1, 0.15) is 0 Å². The van der Waals surface area contributed by atoms with Crippen LogP contribution in [0.15, 0.2) is 16.5 Å². The molecule has 1 aliphatic rings. The van der Waals surface area contributed by atoms with E-state index < -0.39 is 0 Å². The minimum Gasteiger partial charge on any atom is -0.438 e. The van der Waals surface area contributed by atoms with E-state index in [2.05, 4.69) is 11.8 Å². The monoisotopic (exact) mass is 193 g/mol. The lowest BCUT2D eigenvalue weighted by Gasteiger charge is -2.20. The van der Waals surface area contributed by atoms with E-state index in [0.717, 1.165) is 25.1 Å². The summed E-state index contributed by atoms with van der Waals surface area (Å²) in [6, 6.07) is 4.26. The van der Waals surface area contributed by atoms with E-state index in [4.69, 9.17) is 4.42 Å². The normalized spacial score (nSPS) is 15.5. The van der Waals surface area contributed by atoms with Gasteiger partial charge in [0, 0.05) is 18.7 Å². The maximum atomic E-state index is 10.5. The predicted octanol–water partition coefficient (Wildman–Crippen LogP) is 2.47. The fourth-order valence-corrected chi connectivity index (χ4v) is 1.66. The Morgan fingerprint density at radius 2 is 2.36 bits per heavy atom. The first kappa shape index (κ1) is 9.31. The van der Waals surface area contributed by atoms with E-state index in [0.29, 0.717) is 11.8 Å². The second-order valence-corrected chi connectivity index (χ2v) is 3.72. The lowest BCUT2D eigenvalue weighted by atomic mass is 10.4. The van der Waals surface area contributed by atoms with Crippen molar-refractivity contribution in [3.63, 3.8) is 0 Å². The second kappa shape index (κ2) is 3.86. The fraction of sp³-hybridized carbons (Fsp3) is 0.545. The summed E-state index contributed by atoms with van der Waals surface area (Å²) < 4.78 is 5.41. The first-order valence-electron chi connectivity index (χ1n) is 5.16. The van der Waals surface area contributed by atoms with Crippen LogP contribution in [-0.2, 0) is 0 Å². The van der Waals surface area contributed by atoms with Gasteiger partial charge < -0.3 is 9.32 Å². The molecule has 3 nitrogen and oxygen atoms in total. The predicted molar refractivity (Wildman–Crippen MR) is 54.8 cm³/mol. The molecule has 1 fully saturated rings. The van der Waals surface area contributed by atoms with Crippen LogP contribution >= 0.6 is 0 Å². The average molecular weight is 193 g/mol. The summed E-state index contributed by atoms with van der Waals surface area (Å²) >= 11 is 0. The zero-order valence-corrected chi connectivity index (χ0v) is 8.40. The van der Waals surface area contributed by atoms with Crippen LogP contribution in [0.4, 0.5) is 5.88 Å². The molecule has 0 spiro atoms. The van der Waals surface area contributed by atoms with Gasteiger partial charge in [-0.1, -0.05) is 6.92 Å². The molecule has 1 aliphatic carbocycles. The zero-order chi connectivity index (χ0) is 9.97. The molecule has 0 bridgehead atoms. The van der Waals surface area contributed by atoms with Crippen LogP contribution < -0.4 is 4.90 Å². The van der Waals surface area contributed by atoms with Gasteiger partial charge in [-0.2, -0.15) is 0 Å². The molecule has 0 saturated heterocycles. The van der Waals surface area contributed by atoms with Crippen LogP contribution in [0, 0.1) is 0 Å². The van der Waals surface area contributed by atoms with Gasteiger partial charge in [-0.05, 0) is 25.3 Å². The summed E-state index contributed by atoms with van der Waals surface area (Å²) in [4.78, 5) is 12.7. The first-order valence-corrected chi connectivity index (χ1v) is 5.16. The number of furan rings is 1. The smallest absolute Gasteiger partial charge is 0.196 e. The third-order valence-corrected chi connectivity index (χ3v) is 2.46. The highest BCUT2D eigenvalue weighted by molar-refractivity contribution is 5.71. The third-order valence-electron chi connectivity index (χ3n) is 2.46. The molecule has 0 radical (unpaired) electrons. The number of rotatable bonds is 5. The highest BCUT2D eigenvalue weighted by Gasteiger charge is 2.30. The van der Waals surface area contributed by atoms with Gasteiger partial charge in [0.2, 0.25) is 0 Å². The van der Waals surface area contributed by atoms with Crippen LogP contribution in [0.3, 0.4) is 0 Å². The Morgan fingerprint density at radius 3 is 2.86 bits per heavy atom. The standard InChI is InChI=1S/C11H15NO2/c1-2-7-12(9-3-4-9)11-6-5-10(8-13)14-11/h5-6,8-9H,2-4,7H2,1H3. The van der Waals surface area contributed by atoms with E-state index >= 15 is 0 Å². The topological polar surface area (TPSA) is 33.5 Å². The van der Waals surface area contributed by atoms with Crippen LogP contribution in [-0.4, -0.2) is 18.9 Å². The summed E-state index contributed by atoms with van der Waals surface area (Å²) in [5, 5.41) is 0. The maximum Gasteiger partial charge on any atom is 0.196 e. The van der Waals surface area contributed by atoms with Crippen molar-refractivity contribution in [2.75, 3.05) is 11.4 Å². The molecule has 0 atom stereocenters. The van der Waals surface area contributed by atoms with E-state index in [9.17, 15) is 4.79 Å². The molecule has 0 aliphatic heterocycles. The van der Waals surface area contributed by atoms with Gasteiger partial charge in [-0.3, -0.25) is 4.79 Å². The van der Waals surface area contributed by atoms with Crippen molar-refractivity contribution in [3.8, 4) is 0 Å². The second-order valence-electron chi connectivity index (χ2n) is 3.72. The Morgan fingerprint density at radius 1 is 1.57 bits per heavy atom. The van der Waals surface area contributed by atoms with Crippen molar-refractivity contribution in [3.05, 3.63) is 17.9 Å². The van der Waals surface area contributed by atoms with Crippen molar-refractivity contribution < 1.29 is 9.21 Å². The number of carbonyl (C=O) groups is 1. The lowest BCUT2D eigenvalue weighted by Crippen LogP contribution is -2.25. The summed E-state index contributed by atoms with van der Waals surface area (Å²) in [6.07, 6.45) is 4.35. The van der Waals surface area contributed by atoms with Crippen LogP contribution in [0.25, 0.3) is 0 Å². The summed E-state index contributed by atoms with van der Waals surface area (Å²) in [7, 11) is 0. The molecule has 14 heavy (non-hydrogen) atoms. The Balaban J connectivity index is 2.12. The fourth-order valence-electron chi connectivity index (χ4n) is 1.66. The maximum absolute atomic E-state index is 10.5. The van der Waals surface area contributed by atoms with Crippen molar-refractivity contribution in [2.24, 2.45) is 0 Å². The summed E-state index contributed by atoms with van der Waals surface area (Å²) in [6.45, 7) is 3.16. The minimum atomic E-state index is 0.418. The minimum absolute atomic E-state index is 0.418. The quantitative estimate of drug-likeness (QED) is 0.673. The molecule has 0 aromatic carbocycles. The Hall–Kier alpha value is -1.25. The molecular formula is C11H15NO2. The summed E-state index contributed by atoms with van der Waals surface area (Å²) in [5.41, 5.74) is 0. The van der Waals surface area contributed by atoms with Crippen molar-refractivity contribution in [1.82, 2.24) is 0 Å². The molecule has 1 aromatic rings. The van der Waals surface area contributed by atoms with Gasteiger partial charge in [-0.15, -0.1) is 0 Å². The van der Waals surface area contributed by atoms with E-state index in [1.807, 2.05) is 6.07 Å². The largest absolute Gasteiger partial charge is 0.438 e. The molecular weight excluding hydrogens is 178 g/mol. The average Bonchev–Trinajstić information content (AvgIpc) is 2.92. The van der Waals surface area contributed by atoms with Crippen LogP contribution in [0.1, 0.15) is 36.7 Å². The van der Waals surface area contributed by atoms with Gasteiger partial charge >= 0.3 is 0 Å². The Labute approximate surface area is 83.7 Å².